The Morgan fingerprint density at radius 1 is 1.00 bits per heavy atom. The summed E-state index contributed by atoms with van der Waals surface area (Å²) in [4.78, 5) is 15.2. The molecule has 110 valence electrons. The van der Waals surface area contributed by atoms with Crippen molar-refractivity contribution in [1.82, 2.24) is 15.0 Å². The van der Waals surface area contributed by atoms with Gasteiger partial charge in [-0.25, -0.2) is 0 Å². The second kappa shape index (κ2) is 5.95. The molecule has 21 heavy (non-hydrogen) atoms. The van der Waals surface area contributed by atoms with E-state index in [2.05, 4.69) is 51.9 Å². The number of ether oxygens (including phenoxy) is 1. The molecule has 3 rings (SSSR count). The van der Waals surface area contributed by atoms with Crippen molar-refractivity contribution in [3.8, 4) is 11.4 Å². The number of aromatic nitrogens is 3. The van der Waals surface area contributed by atoms with Crippen molar-refractivity contribution in [3.05, 3.63) is 34.6 Å². The van der Waals surface area contributed by atoms with Crippen LogP contribution in [0.3, 0.4) is 0 Å². The fourth-order valence-corrected chi connectivity index (χ4v) is 2.63. The van der Waals surface area contributed by atoms with E-state index < -0.39 is 0 Å². The zero-order chi connectivity index (χ0) is 14.8. The van der Waals surface area contributed by atoms with Gasteiger partial charge in [-0.3, -0.25) is 0 Å². The number of hydrogen-bond acceptors (Lipinski definition) is 5. The maximum absolute atomic E-state index is 6.08. The Labute approximate surface area is 129 Å². The highest BCUT2D eigenvalue weighted by atomic mass is 35.5. The summed E-state index contributed by atoms with van der Waals surface area (Å²) in [6.45, 7) is 7.02. The van der Waals surface area contributed by atoms with Gasteiger partial charge in [0.25, 0.3) is 0 Å². The number of halogens is 1. The van der Waals surface area contributed by atoms with E-state index in [-0.39, 0.29) is 5.28 Å². The molecule has 1 aliphatic rings. The molecule has 1 aromatic carbocycles. The number of aryl methyl sites for hydroxylation is 2. The van der Waals surface area contributed by atoms with Gasteiger partial charge in [-0.1, -0.05) is 17.2 Å². The van der Waals surface area contributed by atoms with Gasteiger partial charge < -0.3 is 9.64 Å². The number of benzene rings is 1. The molecule has 5 nitrogen and oxygen atoms in total. The summed E-state index contributed by atoms with van der Waals surface area (Å²) in [5.41, 5.74) is 3.32. The predicted molar refractivity (Wildman–Crippen MR) is 82.8 cm³/mol. The second-order valence-electron chi connectivity index (χ2n) is 5.20. The Kier molecular flexibility index (Phi) is 4.03. The Morgan fingerprint density at radius 3 is 2.33 bits per heavy atom. The highest BCUT2D eigenvalue weighted by Gasteiger charge is 2.16. The molecule has 0 atom stereocenters. The highest BCUT2D eigenvalue weighted by molar-refractivity contribution is 6.28. The fourth-order valence-electron chi connectivity index (χ4n) is 2.48. The first-order valence-electron chi connectivity index (χ1n) is 6.95. The summed E-state index contributed by atoms with van der Waals surface area (Å²) < 4.78 is 5.35. The Balaban J connectivity index is 2.00. The smallest absolute Gasteiger partial charge is 0.230 e. The third-order valence-corrected chi connectivity index (χ3v) is 3.54. The van der Waals surface area contributed by atoms with E-state index in [1.165, 1.54) is 11.1 Å². The average Bonchev–Trinajstić information content (AvgIpc) is 2.46. The molecule has 2 heterocycles. The minimum absolute atomic E-state index is 0.223. The van der Waals surface area contributed by atoms with Crippen LogP contribution in [0.1, 0.15) is 11.1 Å². The van der Waals surface area contributed by atoms with Crippen LogP contribution < -0.4 is 4.90 Å². The van der Waals surface area contributed by atoms with E-state index >= 15 is 0 Å². The lowest BCUT2D eigenvalue weighted by molar-refractivity contribution is 0.122. The van der Waals surface area contributed by atoms with E-state index in [0.29, 0.717) is 25.0 Å². The fraction of sp³-hybridized carbons (Fsp3) is 0.400. The summed E-state index contributed by atoms with van der Waals surface area (Å²) in [5, 5.41) is 0.223. The van der Waals surface area contributed by atoms with Crippen LogP contribution in [0.25, 0.3) is 11.4 Å². The quantitative estimate of drug-likeness (QED) is 0.853. The van der Waals surface area contributed by atoms with E-state index in [1.54, 1.807) is 0 Å². The third-order valence-electron chi connectivity index (χ3n) is 3.37. The van der Waals surface area contributed by atoms with Crippen molar-refractivity contribution < 1.29 is 4.74 Å². The van der Waals surface area contributed by atoms with E-state index in [4.69, 9.17) is 16.3 Å². The predicted octanol–water partition coefficient (Wildman–Crippen LogP) is 2.65. The molecule has 1 aromatic heterocycles. The zero-order valence-corrected chi connectivity index (χ0v) is 12.9. The van der Waals surface area contributed by atoms with Crippen LogP contribution in [-0.2, 0) is 4.74 Å². The van der Waals surface area contributed by atoms with Crippen molar-refractivity contribution in [2.45, 2.75) is 13.8 Å². The number of rotatable bonds is 2. The number of morpholine rings is 1. The molecule has 0 N–H and O–H groups in total. The summed E-state index contributed by atoms with van der Waals surface area (Å²) in [5.74, 6) is 1.23. The van der Waals surface area contributed by atoms with Gasteiger partial charge in [-0.15, -0.1) is 0 Å². The SMILES string of the molecule is Cc1cc(C)cc(-c2nc(Cl)nc(N3CCOCC3)n2)c1. The van der Waals surface area contributed by atoms with Gasteiger partial charge >= 0.3 is 0 Å². The summed E-state index contributed by atoms with van der Waals surface area (Å²) >= 11 is 6.08. The van der Waals surface area contributed by atoms with Crippen molar-refractivity contribution >= 4 is 17.5 Å². The Hall–Kier alpha value is -1.72. The summed E-state index contributed by atoms with van der Waals surface area (Å²) in [7, 11) is 0. The topological polar surface area (TPSA) is 51.1 Å². The molecule has 0 radical (unpaired) electrons. The van der Waals surface area contributed by atoms with Crippen LogP contribution in [0.5, 0.6) is 0 Å². The monoisotopic (exact) mass is 304 g/mol. The van der Waals surface area contributed by atoms with Gasteiger partial charge in [-0.2, -0.15) is 15.0 Å². The molecular weight excluding hydrogens is 288 g/mol. The molecule has 1 aliphatic heterocycles. The maximum atomic E-state index is 6.08. The van der Waals surface area contributed by atoms with E-state index in [1.807, 2.05) is 0 Å². The molecule has 0 amide bonds. The van der Waals surface area contributed by atoms with E-state index in [9.17, 15) is 0 Å². The summed E-state index contributed by atoms with van der Waals surface area (Å²) in [6, 6.07) is 6.23. The number of hydrogen-bond donors (Lipinski definition) is 0. The molecule has 0 spiro atoms. The molecule has 0 aliphatic carbocycles. The van der Waals surface area contributed by atoms with Crippen LogP contribution in [0.15, 0.2) is 18.2 Å². The van der Waals surface area contributed by atoms with Gasteiger partial charge in [0.1, 0.15) is 0 Å². The molecule has 0 bridgehead atoms. The molecule has 1 fully saturated rings. The maximum Gasteiger partial charge on any atom is 0.230 e. The first kappa shape index (κ1) is 14.2. The highest BCUT2D eigenvalue weighted by Crippen LogP contribution is 2.22. The van der Waals surface area contributed by atoms with Crippen LogP contribution >= 0.6 is 11.6 Å². The van der Waals surface area contributed by atoms with Crippen LogP contribution in [-0.4, -0.2) is 41.3 Å². The lowest BCUT2D eigenvalue weighted by Crippen LogP contribution is -2.37. The third kappa shape index (κ3) is 3.31. The minimum Gasteiger partial charge on any atom is -0.378 e. The minimum atomic E-state index is 0.223. The molecule has 6 heteroatoms. The molecule has 2 aromatic rings. The van der Waals surface area contributed by atoms with Crippen LogP contribution in [0.4, 0.5) is 5.95 Å². The molecular formula is C15H17ClN4O. The Morgan fingerprint density at radius 2 is 1.67 bits per heavy atom. The van der Waals surface area contributed by atoms with Gasteiger partial charge in [0.05, 0.1) is 13.2 Å². The largest absolute Gasteiger partial charge is 0.378 e. The second-order valence-corrected chi connectivity index (χ2v) is 5.54. The van der Waals surface area contributed by atoms with Gasteiger partial charge in [-0.05, 0) is 37.6 Å². The van der Waals surface area contributed by atoms with E-state index in [0.717, 1.165) is 18.7 Å². The lowest BCUT2D eigenvalue weighted by atomic mass is 10.1. The van der Waals surface area contributed by atoms with Gasteiger partial charge in [0.15, 0.2) is 5.82 Å². The normalized spacial score (nSPS) is 15.3. The van der Waals surface area contributed by atoms with Crippen LogP contribution in [0.2, 0.25) is 5.28 Å². The van der Waals surface area contributed by atoms with Gasteiger partial charge in [0.2, 0.25) is 11.2 Å². The van der Waals surface area contributed by atoms with Crippen molar-refractivity contribution in [2.75, 3.05) is 31.2 Å². The molecule has 0 saturated carbocycles. The summed E-state index contributed by atoms with van der Waals surface area (Å²) in [6.07, 6.45) is 0. The van der Waals surface area contributed by atoms with Gasteiger partial charge in [0, 0.05) is 18.7 Å². The Bertz CT molecular complexity index is 636. The number of nitrogens with zero attached hydrogens (tertiary/aromatic N) is 4. The molecule has 0 unspecified atom stereocenters. The van der Waals surface area contributed by atoms with Crippen molar-refractivity contribution in [1.29, 1.82) is 0 Å². The standard InChI is InChI=1S/C15H17ClN4O/c1-10-7-11(2)9-12(8-10)13-17-14(16)19-15(18-13)20-3-5-21-6-4-20/h7-9H,3-6H2,1-2H3. The van der Waals surface area contributed by atoms with Crippen molar-refractivity contribution in [2.24, 2.45) is 0 Å². The lowest BCUT2D eigenvalue weighted by Gasteiger charge is -2.26. The van der Waals surface area contributed by atoms with Crippen LogP contribution in [0, 0.1) is 13.8 Å². The number of anilines is 1. The first-order valence-corrected chi connectivity index (χ1v) is 7.32. The zero-order valence-electron chi connectivity index (χ0n) is 12.1. The van der Waals surface area contributed by atoms with Crippen molar-refractivity contribution in [3.63, 3.8) is 0 Å². The first-order chi connectivity index (χ1) is 10.1. The average molecular weight is 305 g/mol. The molecule has 1 saturated heterocycles.